The number of carboxylic acids is 1. The Morgan fingerprint density at radius 3 is 2.40 bits per heavy atom. The normalized spacial score (nSPS) is 9.90. The summed E-state index contributed by atoms with van der Waals surface area (Å²) in [5.74, 6) is -1.84. The number of hydrogen-bond acceptors (Lipinski definition) is 3. The number of rotatable bonds is 6. The SMILES string of the molecule is Cc1cccc(NC(=O)CCC(=O)NCC(=O)O)c1C. The molecule has 1 aromatic rings. The third kappa shape index (κ3) is 5.09. The topological polar surface area (TPSA) is 95.5 Å². The maximum atomic E-state index is 11.7. The van der Waals surface area contributed by atoms with Crippen LogP contribution in [0.15, 0.2) is 18.2 Å². The first-order valence-electron chi connectivity index (χ1n) is 6.24. The Kier molecular flexibility index (Phi) is 5.71. The molecule has 3 N–H and O–H groups in total. The number of benzene rings is 1. The van der Waals surface area contributed by atoms with E-state index in [2.05, 4.69) is 10.6 Å². The van der Waals surface area contributed by atoms with Gasteiger partial charge in [-0.25, -0.2) is 0 Å². The molecule has 0 aliphatic rings. The van der Waals surface area contributed by atoms with Gasteiger partial charge in [-0.15, -0.1) is 0 Å². The number of carbonyl (C=O) groups excluding carboxylic acids is 2. The van der Waals surface area contributed by atoms with Crippen molar-refractivity contribution in [3.05, 3.63) is 29.3 Å². The van der Waals surface area contributed by atoms with Gasteiger partial charge in [0, 0.05) is 18.5 Å². The Bertz CT molecular complexity index is 526. The van der Waals surface area contributed by atoms with E-state index >= 15 is 0 Å². The van der Waals surface area contributed by atoms with Crippen LogP contribution in [0.25, 0.3) is 0 Å². The zero-order valence-corrected chi connectivity index (χ0v) is 11.5. The number of aryl methyl sites for hydroxylation is 1. The summed E-state index contributed by atoms with van der Waals surface area (Å²) < 4.78 is 0. The van der Waals surface area contributed by atoms with Gasteiger partial charge in [-0.1, -0.05) is 12.1 Å². The van der Waals surface area contributed by atoms with Crippen LogP contribution in [0.5, 0.6) is 0 Å². The lowest BCUT2D eigenvalue weighted by molar-refractivity contribution is -0.138. The molecule has 1 aromatic carbocycles. The fourth-order valence-corrected chi connectivity index (χ4v) is 1.59. The van der Waals surface area contributed by atoms with E-state index in [9.17, 15) is 14.4 Å². The van der Waals surface area contributed by atoms with Crippen LogP contribution >= 0.6 is 0 Å². The minimum atomic E-state index is -1.11. The average molecular weight is 278 g/mol. The first-order valence-corrected chi connectivity index (χ1v) is 6.24. The van der Waals surface area contributed by atoms with Crippen molar-refractivity contribution in [1.82, 2.24) is 5.32 Å². The molecule has 0 bridgehead atoms. The van der Waals surface area contributed by atoms with Crippen LogP contribution in [0.3, 0.4) is 0 Å². The summed E-state index contributed by atoms with van der Waals surface area (Å²) in [7, 11) is 0. The molecule has 0 atom stereocenters. The van der Waals surface area contributed by atoms with Crippen molar-refractivity contribution in [2.24, 2.45) is 0 Å². The van der Waals surface area contributed by atoms with Gasteiger partial charge in [0.25, 0.3) is 0 Å². The van der Waals surface area contributed by atoms with Crippen LogP contribution in [-0.2, 0) is 14.4 Å². The number of carbonyl (C=O) groups is 3. The largest absolute Gasteiger partial charge is 0.480 e. The lowest BCUT2D eigenvalue weighted by Gasteiger charge is -2.10. The Labute approximate surface area is 117 Å². The van der Waals surface area contributed by atoms with Gasteiger partial charge in [-0.3, -0.25) is 14.4 Å². The van der Waals surface area contributed by atoms with E-state index in [1.54, 1.807) is 6.07 Å². The van der Waals surface area contributed by atoms with Crippen molar-refractivity contribution in [3.63, 3.8) is 0 Å². The highest BCUT2D eigenvalue weighted by Gasteiger charge is 2.09. The fraction of sp³-hybridized carbons (Fsp3) is 0.357. The maximum Gasteiger partial charge on any atom is 0.322 e. The standard InChI is InChI=1S/C14H18N2O4/c1-9-4-3-5-11(10(9)2)16-13(18)7-6-12(17)15-8-14(19)20/h3-5H,6-8H2,1-2H3,(H,15,17)(H,16,18)(H,19,20). The molecular weight excluding hydrogens is 260 g/mol. The molecule has 0 saturated carbocycles. The van der Waals surface area contributed by atoms with E-state index in [1.165, 1.54) is 0 Å². The van der Waals surface area contributed by atoms with Crippen LogP contribution in [0.2, 0.25) is 0 Å². The molecule has 6 heteroatoms. The highest BCUT2D eigenvalue weighted by Crippen LogP contribution is 2.18. The predicted octanol–water partition coefficient (Wildman–Crippen LogP) is 1.22. The molecular formula is C14H18N2O4. The molecule has 0 fully saturated rings. The Morgan fingerprint density at radius 1 is 1.10 bits per heavy atom. The summed E-state index contributed by atoms with van der Waals surface area (Å²) >= 11 is 0. The van der Waals surface area contributed by atoms with Gasteiger partial charge >= 0.3 is 5.97 Å². The highest BCUT2D eigenvalue weighted by atomic mass is 16.4. The number of nitrogens with one attached hydrogen (secondary N) is 2. The summed E-state index contributed by atoms with van der Waals surface area (Å²) in [5.41, 5.74) is 2.78. The molecule has 0 aliphatic heterocycles. The number of anilines is 1. The van der Waals surface area contributed by atoms with Crippen molar-refractivity contribution in [3.8, 4) is 0 Å². The summed E-state index contributed by atoms with van der Waals surface area (Å²) in [5, 5.41) is 13.3. The number of carboxylic acid groups (broad SMARTS) is 1. The average Bonchev–Trinajstić information content (AvgIpc) is 2.39. The molecule has 0 radical (unpaired) electrons. The van der Waals surface area contributed by atoms with Gasteiger partial charge < -0.3 is 15.7 Å². The van der Waals surface area contributed by atoms with Crippen molar-refractivity contribution in [1.29, 1.82) is 0 Å². The smallest absolute Gasteiger partial charge is 0.322 e. The summed E-state index contributed by atoms with van der Waals surface area (Å²) in [4.78, 5) is 33.2. The van der Waals surface area contributed by atoms with Crippen LogP contribution in [0, 0.1) is 13.8 Å². The third-order valence-electron chi connectivity index (χ3n) is 2.89. The van der Waals surface area contributed by atoms with E-state index in [0.29, 0.717) is 0 Å². The van der Waals surface area contributed by atoms with E-state index in [0.717, 1.165) is 16.8 Å². The lowest BCUT2D eigenvalue weighted by atomic mass is 10.1. The van der Waals surface area contributed by atoms with E-state index in [1.807, 2.05) is 26.0 Å². The van der Waals surface area contributed by atoms with Crippen molar-refractivity contribution >= 4 is 23.5 Å². The highest BCUT2D eigenvalue weighted by molar-refractivity contribution is 5.94. The molecule has 0 aliphatic carbocycles. The Balaban J connectivity index is 2.42. The molecule has 0 aromatic heterocycles. The van der Waals surface area contributed by atoms with Crippen LogP contribution < -0.4 is 10.6 Å². The zero-order valence-electron chi connectivity index (χ0n) is 11.5. The van der Waals surface area contributed by atoms with Gasteiger partial charge in [-0.05, 0) is 31.0 Å². The molecule has 0 unspecified atom stereocenters. The van der Waals surface area contributed by atoms with Gasteiger partial charge in [0.15, 0.2) is 0 Å². The maximum absolute atomic E-state index is 11.7. The van der Waals surface area contributed by atoms with Crippen LogP contribution in [-0.4, -0.2) is 29.4 Å². The molecule has 108 valence electrons. The van der Waals surface area contributed by atoms with E-state index in [-0.39, 0.29) is 18.7 Å². The van der Waals surface area contributed by atoms with Gasteiger partial charge in [0.2, 0.25) is 11.8 Å². The van der Waals surface area contributed by atoms with Crippen LogP contribution in [0.1, 0.15) is 24.0 Å². The van der Waals surface area contributed by atoms with Gasteiger partial charge in [-0.2, -0.15) is 0 Å². The molecule has 0 spiro atoms. The number of aliphatic carboxylic acids is 1. The quantitative estimate of drug-likeness (QED) is 0.729. The minimum absolute atomic E-state index is 0.0127. The summed E-state index contributed by atoms with van der Waals surface area (Å²) in [6.45, 7) is 3.42. The fourth-order valence-electron chi connectivity index (χ4n) is 1.59. The first kappa shape index (κ1) is 15.7. The zero-order chi connectivity index (χ0) is 15.1. The van der Waals surface area contributed by atoms with E-state index < -0.39 is 18.4 Å². The second-order valence-electron chi connectivity index (χ2n) is 4.47. The summed E-state index contributed by atoms with van der Waals surface area (Å²) in [6.07, 6.45) is -0.0250. The third-order valence-corrected chi connectivity index (χ3v) is 2.89. The first-order chi connectivity index (χ1) is 9.40. The Hall–Kier alpha value is -2.37. The molecule has 6 nitrogen and oxygen atoms in total. The minimum Gasteiger partial charge on any atom is -0.480 e. The molecule has 0 saturated heterocycles. The predicted molar refractivity (Wildman–Crippen MR) is 74.4 cm³/mol. The van der Waals surface area contributed by atoms with Crippen molar-refractivity contribution < 1.29 is 19.5 Å². The number of amides is 2. The van der Waals surface area contributed by atoms with Gasteiger partial charge in [0.05, 0.1) is 0 Å². The second kappa shape index (κ2) is 7.28. The monoisotopic (exact) mass is 278 g/mol. The molecule has 2 amide bonds. The van der Waals surface area contributed by atoms with Crippen molar-refractivity contribution in [2.45, 2.75) is 26.7 Å². The molecule has 20 heavy (non-hydrogen) atoms. The lowest BCUT2D eigenvalue weighted by Crippen LogP contribution is -2.29. The van der Waals surface area contributed by atoms with Gasteiger partial charge in [0.1, 0.15) is 6.54 Å². The second-order valence-corrected chi connectivity index (χ2v) is 4.47. The molecule has 0 heterocycles. The van der Waals surface area contributed by atoms with E-state index in [4.69, 9.17) is 5.11 Å². The number of hydrogen-bond donors (Lipinski definition) is 3. The van der Waals surface area contributed by atoms with Crippen molar-refractivity contribution in [2.75, 3.05) is 11.9 Å². The Morgan fingerprint density at radius 2 is 1.75 bits per heavy atom. The summed E-state index contributed by atoms with van der Waals surface area (Å²) in [6, 6.07) is 5.59. The molecule has 1 rings (SSSR count). The van der Waals surface area contributed by atoms with Crippen LogP contribution in [0.4, 0.5) is 5.69 Å².